The van der Waals surface area contributed by atoms with Crippen LogP contribution in [0.4, 0.5) is 0 Å². The molecule has 0 spiro atoms. The summed E-state index contributed by atoms with van der Waals surface area (Å²) in [6.07, 6.45) is 16.6. The van der Waals surface area contributed by atoms with Gasteiger partial charge in [-0.1, -0.05) is 85.0 Å². The Hall–Kier alpha value is 0. The Morgan fingerprint density at radius 1 is 0.647 bits per heavy atom. The van der Waals surface area contributed by atoms with Gasteiger partial charge in [0.05, 0.1) is 0 Å². The minimum Gasteiger partial charge on any atom is -0.0654 e. The SMILES string of the molecule is [CH2]C(C)(CCCCCC)CCCCCCCC. The largest absolute Gasteiger partial charge is 0.0654 e. The third kappa shape index (κ3) is 12.2. The van der Waals surface area contributed by atoms with Crippen molar-refractivity contribution in [2.24, 2.45) is 5.41 Å². The van der Waals surface area contributed by atoms with Crippen molar-refractivity contribution in [1.29, 1.82) is 0 Å². The lowest BCUT2D eigenvalue weighted by Gasteiger charge is -2.24. The Morgan fingerprint density at radius 3 is 1.47 bits per heavy atom. The van der Waals surface area contributed by atoms with E-state index in [1.807, 2.05) is 0 Å². The molecule has 1 atom stereocenters. The van der Waals surface area contributed by atoms with Gasteiger partial charge in [-0.05, 0) is 25.2 Å². The fraction of sp³-hybridized carbons (Fsp3) is 0.941. The minimum absolute atomic E-state index is 0.346. The second-order valence-corrected chi connectivity index (χ2v) is 6.14. The minimum atomic E-state index is 0.346. The molecular weight excluding hydrogens is 204 g/mol. The summed E-state index contributed by atoms with van der Waals surface area (Å²) in [5.74, 6) is 0. The van der Waals surface area contributed by atoms with Crippen molar-refractivity contribution >= 4 is 0 Å². The molecular formula is C17H35. The molecule has 0 aromatic rings. The van der Waals surface area contributed by atoms with Crippen molar-refractivity contribution in [3.63, 3.8) is 0 Å². The second-order valence-electron chi connectivity index (χ2n) is 6.14. The van der Waals surface area contributed by atoms with Crippen LogP contribution in [0.3, 0.4) is 0 Å². The van der Waals surface area contributed by atoms with Crippen LogP contribution in [-0.2, 0) is 0 Å². The number of hydrogen-bond donors (Lipinski definition) is 0. The Morgan fingerprint density at radius 2 is 1.00 bits per heavy atom. The molecule has 0 aromatic carbocycles. The monoisotopic (exact) mass is 239 g/mol. The molecule has 0 aliphatic heterocycles. The molecule has 1 radical (unpaired) electrons. The zero-order valence-electron chi connectivity index (χ0n) is 12.7. The summed E-state index contributed by atoms with van der Waals surface area (Å²) < 4.78 is 0. The lowest BCUT2D eigenvalue weighted by atomic mass is 9.82. The lowest BCUT2D eigenvalue weighted by molar-refractivity contribution is 0.324. The first-order valence-corrected chi connectivity index (χ1v) is 7.97. The van der Waals surface area contributed by atoms with Gasteiger partial charge in [-0.2, -0.15) is 0 Å². The molecule has 0 rings (SSSR count). The molecule has 0 heteroatoms. The van der Waals surface area contributed by atoms with Gasteiger partial charge in [0, 0.05) is 0 Å². The van der Waals surface area contributed by atoms with Gasteiger partial charge in [-0.15, -0.1) is 0 Å². The highest BCUT2D eigenvalue weighted by Crippen LogP contribution is 2.30. The predicted molar refractivity (Wildman–Crippen MR) is 80.2 cm³/mol. The molecule has 0 nitrogen and oxygen atoms in total. The van der Waals surface area contributed by atoms with Crippen molar-refractivity contribution in [2.75, 3.05) is 0 Å². The van der Waals surface area contributed by atoms with E-state index in [1.54, 1.807) is 0 Å². The van der Waals surface area contributed by atoms with Crippen molar-refractivity contribution < 1.29 is 0 Å². The molecule has 17 heavy (non-hydrogen) atoms. The zero-order chi connectivity index (χ0) is 13.0. The third-order valence-electron chi connectivity index (χ3n) is 3.77. The van der Waals surface area contributed by atoms with Crippen LogP contribution in [0.15, 0.2) is 0 Å². The average molecular weight is 239 g/mol. The number of rotatable bonds is 12. The maximum Gasteiger partial charge on any atom is -0.0326 e. The quantitative estimate of drug-likeness (QED) is 0.339. The summed E-state index contributed by atoms with van der Waals surface area (Å²) in [6, 6.07) is 0. The highest BCUT2D eigenvalue weighted by atomic mass is 14.2. The van der Waals surface area contributed by atoms with Crippen LogP contribution in [0.25, 0.3) is 0 Å². The van der Waals surface area contributed by atoms with Gasteiger partial charge in [-0.25, -0.2) is 0 Å². The van der Waals surface area contributed by atoms with E-state index in [0.29, 0.717) is 5.41 Å². The lowest BCUT2D eigenvalue weighted by Crippen LogP contribution is -2.11. The maximum absolute atomic E-state index is 4.40. The summed E-state index contributed by atoms with van der Waals surface area (Å²) in [5.41, 5.74) is 0.346. The van der Waals surface area contributed by atoms with Gasteiger partial charge in [0.25, 0.3) is 0 Å². The van der Waals surface area contributed by atoms with E-state index in [4.69, 9.17) is 0 Å². The summed E-state index contributed by atoms with van der Waals surface area (Å²) in [7, 11) is 0. The van der Waals surface area contributed by atoms with Gasteiger partial charge in [0.15, 0.2) is 0 Å². The van der Waals surface area contributed by atoms with Crippen molar-refractivity contribution in [2.45, 2.75) is 97.8 Å². The second kappa shape index (κ2) is 11.1. The molecule has 0 saturated carbocycles. The molecule has 0 aliphatic carbocycles. The molecule has 0 aliphatic rings. The van der Waals surface area contributed by atoms with Gasteiger partial charge in [-0.3, -0.25) is 0 Å². The number of unbranched alkanes of at least 4 members (excludes halogenated alkanes) is 8. The van der Waals surface area contributed by atoms with Crippen LogP contribution in [0, 0.1) is 12.3 Å². The highest BCUT2D eigenvalue weighted by molar-refractivity contribution is 4.76. The maximum atomic E-state index is 4.40. The average Bonchev–Trinajstić information content (AvgIpc) is 2.29. The fourth-order valence-electron chi connectivity index (χ4n) is 2.44. The van der Waals surface area contributed by atoms with Gasteiger partial charge in [0.2, 0.25) is 0 Å². The molecule has 103 valence electrons. The number of hydrogen-bond acceptors (Lipinski definition) is 0. The normalized spacial score (nSPS) is 12.0. The summed E-state index contributed by atoms with van der Waals surface area (Å²) >= 11 is 0. The van der Waals surface area contributed by atoms with Crippen molar-refractivity contribution in [1.82, 2.24) is 0 Å². The first-order chi connectivity index (χ1) is 8.12. The van der Waals surface area contributed by atoms with Crippen LogP contribution >= 0.6 is 0 Å². The van der Waals surface area contributed by atoms with Crippen LogP contribution in [0.5, 0.6) is 0 Å². The molecule has 0 N–H and O–H groups in total. The standard InChI is InChI=1S/C17H35/c1-5-7-9-11-12-14-16-17(3,4)15-13-10-8-6-2/h3,5-16H2,1-2,4H3. The van der Waals surface area contributed by atoms with E-state index < -0.39 is 0 Å². The first-order valence-electron chi connectivity index (χ1n) is 7.97. The Kier molecular flexibility index (Phi) is 11.1. The molecule has 0 bridgehead atoms. The van der Waals surface area contributed by atoms with Gasteiger partial charge < -0.3 is 0 Å². The highest BCUT2D eigenvalue weighted by Gasteiger charge is 2.16. The predicted octanol–water partition coefficient (Wildman–Crippen LogP) is 6.55. The fourth-order valence-corrected chi connectivity index (χ4v) is 2.44. The molecule has 0 heterocycles. The zero-order valence-corrected chi connectivity index (χ0v) is 12.7. The van der Waals surface area contributed by atoms with Crippen LogP contribution < -0.4 is 0 Å². The Labute approximate surface area is 111 Å². The van der Waals surface area contributed by atoms with E-state index in [-0.39, 0.29) is 0 Å². The van der Waals surface area contributed by atoms with Crippen molar-refractivity contribution in [3.8, 4) is 0 Å². The first kappa shape index (κ1) is 17.0. The van der Waals surface area contributed by atoms with Gasteiger partial charge in [0.1, 0.15) is 0 Å². The Balaban J connectivity index is 3.37. The molecule has 0 saturated heterocycles. The van der Waals surface area contributed by atoms with Crippen LogP contribution in [0.1, 0.15) is 97.8 Å². The van der Waals surface area contributed by atoms with E-state index in [2.05, 4.69) is 27.7 Å². The van der Waals surface area contributed by atoms with Crippen LogP contribution in [0.2, 0.25) is 0 Å². The van der Waals surface area contributed by atoms with E-state index in [1.165, 1.54) is 77.0 Å². The summed E-state index contributed by atoms with van der Waals surface area (Å²) in [6.45, 7) is 11.3. The molecule has 0 fully saturated rings. The van der Waals surface area contributed by atoms with E-state index >= 15 is 0 Å². The summed E-state index contributed by atoms with van der Waals surface area (Å²) in [4.78, 5) is 0. The van der Waals surface area contributed by atoms with Gasteiger partial charge >= 0.3 is 0 Å². The van der Waals surface area contributed by atoms with Crippen LogP contribution in [-0.4, -0.2) is 0 Å². The molecule has 0 amide bonds. The molecule has 1 unspecified atom stereocenters. The topological polar surface area (TPSA) is 0 Å². The van der Waals surface area contributed by atoms with E-state index in [0.717, 1.165) is 0 Å². The third-order valence-corrected chi connectivity index (χ3v) is 3.77. The smallest absolute Gasteiger partial charge is 0.0326 e. The summed E-state index contributed by atoms with van der Waals surface area (Å²) in [5, 5.41) is 0. The Bertz CT molecular complexity index is 146. The van der Waals surface area contributed by atoms with E-state index in [9.17, 15) is 0 Å². The van der Waals surface area contributed by atoms with Crippen molar-refractivity contribution in [3.05, 3.63) is 6.92 Å². The molecule has 0 aromatic heterocycles.